The molecule has 16 heteroatoms. The molecular formula is C40H52ClN7O8. The standard InChI is InChI=1S/C40H52ClN7O8/c1-40(2,3)34(47-37(52)32(23-11-6-5-7-12-23)46-39-45-27-18-25(54-4)14-15-30(27)56-39)38(53)48-21-26(55-31-16-13-24(41)20-43-31)19-29(48)36(51)44-28(33(49)35(42)50)17-22-9-8-10-22/h13-16,18,20,22-23,26,28-29,32,34H,5-12,17,19,21H2,1-4H3,(H2,42,50)(H,44,51)(H,45,46)(H,47,52)/t26-,28?,29-,32+,34+/m1/s1. The molecule has 302 valence electrons. The van der Waals surface area contributed by atoms with Crippen LogP contribution in [-0.4, -0.2) is 88.2 Å². The number of Topliss-reactive ketones (excluding diaryl/α,β-unsaturated/α-hetero) is 1. The van der Waals surface area contributed by atoms with Crippen LogP contribution in [0.2, 0.25) is 5.02 Å². The Bertz CT molecular complexity index is 1900. The summed E-state index contributed by atoms with van der Waals surface area (Å²) in [5, 5.41) is 9.46. The van der Waals surface area contributed by atoms with Gasteiger partial charge in [-0.3, -0.25) is 24.0 Å². The average Bonchev–Trinajstić information content (AvgIpc) is 3.77. The van der Waals surface area contributed by atoms with Gasteiger partial charge in [-0.2, -0.15) is 4.98 Å². The van der Waals surface area contributed by atoms with Crippen LogP contribution in [-0.2, 0) is 24.0 Å². The van der Waals surface area contributed by atoms with Crippen LogP contribution in [0.4, 0.5) is 6.01 Å². The topological polar surface area (TPSA) is 208 Å². The second-order valence-electron chi connectivity index (χ2n) is 16.3. The molecule has 5 N–H and O–H groups in total. The van der Waals surface area contributed by atoms with Gasteiger partial charge in [-0.15, -0.1) is 0 Å². The number of ether oxygens (including phenoxy) is 2. The number of oxazole rings is 1. The maximum Gasteiger partial charge on any atom is 0.296 e. The Morgan fingerprint density at radius 3 is 2.39 bits per heavy atom. The van der Waals surface area contributed by atoms with Crippen LogP contribution >= 0.6 is 11.6 Å². The first-order valence-electron chi connectivity index (χ1n) is 19.4. The van der Waals surface area contributed by atoms with Gasteiger partial charge in [-0.25, -0.2) is 4.98 Å². The lowest BCUT2D eigenvalue weighted by atomic mass is 9.80. The quantitative estimate of drug-likeness (QED) is 0.157. The van der Waals surface area contributed by atoms with E-state index in [1.165, 1.54) is 11.1 Å². The van der Waals surface area contributed by atoms with Crippen LogP contribution < -0.4 is 31.2 Å². The molecule has 2 aromatic heterocycles. The third kappa shape index (κ3) is 9.71. The number of carbonyl (C=O) groups excluding carboxylic acids is 5. The van der Waals surface area contributed by atoms with Crippen LogP contribution in [0.3, 0.4) is 0 Å². The predicted octanol–water partition coefficient (Wildman–Crippen LogP) is 4.55. The minimum Gasteiger partial charge on any atom is -0.497 e. The molecule has 1 aromatic carbocycles. The molecule has 15 nitrogen and oxygen atoms in total. The molecular weight excluding hydrogens is 742 g/mol. The first-order valence-corrected chi connectivity index (χ1v) is 19.8. The summed E-state index contributed by atoms with van der Waals surface area (Å²) in [7, 11) is 1.56. The highest BCUT2D eigenvalue weighted by Crippen LogP contribution is 2.34. The zero-order chi connectivity index (χ0) is 40.1. The molecule has 3 aliphatic rings. The molecule has 3 fully saturated rings. The number of halogens is 1. The van der Waals surface area contributed by atoms with Crippen molar-refractivity contribution >= 4 is 58.1 Å². The molecule has 2 aliphatic carbocycles. The Morgan fingerprint density at radius 1 is 1.02 bits per heavy atom. The van der Waals surface area contributed by atoms with Gasteiger partial charge >= 0.3 is 0 Å². The summed E-state index contributed by atoms with van der Waals surface area (Å²) < 4.78 is 17.5. The SMILES string of the molecule is COc1ccc2oc(N[C@H](C(=O)N[C@@H](C(=O)N3C[C@H](Oc4ccc(Cl)cn4)C[C@@H]3C(=O)NC(CC3CCC3)C(=O)C(N)=O)C(C)(C)C)C3CCCCC3)nc2c1. The Balaban J connectivity index is 1.26. The van der Waals surface area contributed by atoms with Crippen molar-refractivity contribution in [3.63, 3.8) is 0 Å². The Morgan fingerprint density at radius 2 is 1.77 bits per heavy atom. The second-order valence-corrected chi connectivity index (χ2v) is 16.7. The predicted molar refractivity (Wildman–Crippen MR) is 208 cm³/mol. The number of fused-ring (bicyclic) bond motifs is 1. The van der Waals surface area contributed by atoms with Gasteiger partial charge in [0.1, 0.15) is 35.5 Å². The third-order valence-electron chi connectivity index (χ3n) is 11.2. The highest BCUT2D eigenvalue weighted by Gasteiger charge is 2.47. The summed E-state index contributed by atoms with van der Waals surface area (Å²) in [5.74, 6) is -2.60. The normalized spacial score (nSPS) is 20.7. The van der Waals surface area contributed by atoms with Gasteiger partial charge < -0.3 is 40.5 Å². The summed E-state index contributed by atoms with van der Waals surface area (Å²) >= 11 is 6.03. The number of likely N-dealkylation sites (tertiary alicyclic amines) is 1. The maximum absolute atomic E-state index is 14.8. The molecule has 1 aliphatic heterocycles. The molecule has 1 saturated heterocycles. The number of nitrogens with zero attached hydrogens (tertiary/aromatic N) is 3. The van der Waals surface area contributed by atoms with E-state index in [2.05, 4.69) is 25.9 Å². The number of ketones is 1. The van der Waals surface area contributed by atoms with Crippen LogP contribution in [0, 0.1) is 17.3 Å². The summed E-state index contributed by atoms with van der Waals surface area (Å²) in [4.78, 5) is 78.5. The van der Waals surface area contributed by atoms with E-state index in [0.717, 1.165) is 51.4 Å². The number of rotatable bonds is 15. The second kappa shape index (κ2) is 17.5. The van der Waals surface area contributed by atoms with E-state index in [4.69, 9.17) is 31.2 Å². The molecule has 5 atom stereocenters. The van der Waals surface area contributed by atoms with Gasteiger partial charge in [-0.05, 0) is 54.7 Å². The van der Waals surface area contributed by atoms with Gasteiger partial charge in [0, 0.05) is 24.8 Å². The smallest absolute Gasteiger partial charge is 0.296 e. The van der Waals surface area contributed by atoms with Gasteiger partial charge in [0.2, 0.25) is 29.4 Å². The van der Waals surface area contributed by atoms with Crippen LogP contribution in [0.25, 0.3) is 11.1 Å². The van der Waals surface area contributed by atoms with Crippen molar-refractivity contribution in [1.29, 1.82) is 0 Å². The number of nitrogens with one attached hydrogen (secondary N) is 3. The van der Waals surface area contributed by atoms with Gasteiger partial charge in [-0.1, -0.05) is 70.9 Å². The number of amides is 4. The number of methoxy groups -OCH3 is 1. The first kappa shape index (κ1) is 40.7. The largest absolute Gasteiger partial charge is 0.497 e. The van der Waals surface area contributed by atoms with Gasteiger partial charge in [0.15, 0.2) is 5.58 Å². The van der Waals surface area contributed by atoms with E-state index in [0.29, 0.717) is 21.9 Å². The summed E-state index contributed by atoms with van der Waals surface area (Å²) in [5.41, 5.74) is 5.66. The summed E-state index contributed by atoms with van der Waals surface area (Å²) in [6, 6.07) is 4.54. The average molecular weight is 794 g/mol. The number of carbonyl (C=O) groups is 5. The summed E-state index contributed by atoms with van der Waals surface area (Å²) in [6.07, 6.45) is 8.41. The number of nitrogens with two attached hydrogens (primary N) is 1. The van der Waals surface area contributed by atoms with Crippen molar-refractivity contribution in [2.45, 2.75) is 115 Å². The molecule has 1 unspecified atom stereocenters. The van der Waals surface area contributed by atoms with E-state index >= 15 is 0 Å². The molecule has 0 spiro atoms. The number of hydrogen-bond acceptors (Lipinski definition) is 11. The fourth-order valence-corrected chi connectivity index (χ4v) is 7.96. The molecule has 56 heavy (non-hydrogen) atoms. The highest BCUT2D eigenvalue weighted by atomic mass is 35.5. The lowest BCUT2D eigenvalue weighted by Crippen LogP contribution is -2.61. The number of aromatic nitrogens is 2. The highest BCUT2D eigenvalue weighted by molar-refractivity contribution is 6.37. The van der Waals surface area contributed by atoms with E-state index in [9.17, 15) is 24.0 Å². The number of anilines is 1. The van der Waals surface area contributed by atoms with Crippen molar-refractivity contribution in [2.24, 2.45) is 23.0 Å². The Kier molecular flexibility index (Phi) is 12.7. The van der Waals surface area contributed by atoms with Crippen molar-refractivity contribution in [3.05, 3.63) is 41.6 Å². The zero-order valence-corrected chi connectivity index (χ0v) is 33.1. The molecule has 2 saturated carbocycles. The lowest BCUT2D eigenvalue weighted by Gasteiger charge is -2.37. The van der Waals surface area contributed by atoms with E-state index < -0.39 is 65.1 Å². The van der Waals surface area contributed by atoms with E-state index in [1.807, 2.05) is 20.8 Å². The molecule has 0 radical (unpaired) electrons. The molecule has 4 amide bonds. The monoisotopic (exact) mass is 793 g/mol. The molecule has 3 heterocycles. The Hall–Kier alpha value is -4.92. The first-order chi connectivity index (χ1) is 26.7. The Labute approximate surface area is 331 Å². The van der Waals surface area contributed by atoms with Crippen LogP contribution in [0.15, 0.2) is 40.9 Å². The minimum absolute atomic E-state index is 0.0165. The van der Waals surface area contributed by atoms with E-state index in [-0.39, 0.29) is 43.1 Å². The van der Waals surface area contributed by atoms with Crippen molar-refractivity contribution in [1.82, 2.24) is 25.5 Å². The van der Waals surface area contributed by atoms with Crippen LogP contribution in [0.5, 0.6) is 11.6 Å². The fraction of sp³-hybridized carbons (Fsp3) is 0.575. The van der Waals surface area contributed by atoms with E-state index in [1.54, 1.807) is 37.4 Å². The summed E-state index contributed by atoms with van der Waals surface area (Å²) in [6.45, 7) is 5.50. The van der Waals surface area contributed by atoms with Crippen LogP contribution in [0.1, 0.15) is 85.0 Å². The van der Waals surface area contributed by atoms with Crippen molar-refractivity contribution < 1.29 is 37.9 Å². The number of hydrogen-bond donors (Lipinski definition) is 4. The zero-order valence-electron chi connectivity index (χ0n) is 32.3. The third-order valence-corrected chi connectivity index (χ3v) is 11.4. The van der Waals surface area contributed by atoms with Crippen molar-refractivity contribution in [3.8, 4) is 11.6 Å². The van der Waals surface area contributed by atoms with Gasteiger partial charge in [0.05, 0.1) is 24.7 Å². The number of primary amides is 1. The maximum atomic E-state index is 14.8. The molecule has 0 bridgehead atoms. The molecule has 6 rings (SSSR count). The van der Waals surface area contributed by atoms with Gasteiger partial charge in [0.25, 0.3) is 11.9 Å². The minimum atomic E-state index is -1.14. The number of benzene rings is 1. The van der Waals surface area contributed by atoms with Crippen molar-refractivity contribution in [2.75, 3.05) is 19.0 Å². The lowest BCUT2D eigenvalue weighted by molar-refractivity contribution is -0.145. The fourth-order valence-electron chi connectivity index (χ4n) is 7.85. The molecule has 3 aromatic rings. The number of pyridine rings is 1.